The average Bonchev–Trinajstić information content (AvgIpc) is 3.43. The second-order valence-corrected chi connectivity index (χ2v) is 7.17. The fraction of sp³-hybridized carbons (Fsp3) is 0.333. The van der Waals surface area contributed by atoms with Crippen molar-refractivity contribution in [3.63, 3.8) is 0 Å². The van der Waals surface area contributed by atoms with Gasteiger partial charge in [-0.3, -0.25) is 0 Å². The molecule has 152 valence electrons. The van der Waals surface area contributed by atoms with E-state index in [2.05, 4.69) is 81.4 Å². The van der Waals surface area contributed by atoms with Gasteiger partial charge in [-0.1, -0.05) is 61.9 Å². The van der Waals surface area contributed by atoms with E-state index >= 15 is 0 Å². The van der Waals surface area contributed by atoms with E-state index in [4.69, 9.17) is 5.73 Å². The van der Waals surface area contributed by atoms with Gasteiger partial charge in [0.25, 0.3) is 0 Å². The van der Waals surface area contributed by atoms with Crippen LogP contribution in [0.15, 0.2) is 48.5 Å². The highest BCUT2D eigenvalue weighted by Crippen LogP contribution is 2.28. The van der Waals surface area contributed by atoms with Crippen molar-refractivity contribution in [2.24, 2.45) is 5.73 Å². The van der Waals surface area contributed by atoms with Crippen LogP contribution in [0.1, 0.15) is 48.7 Å². The smallest absolute Gasteiger partial charge is 0.151 e. The molecule has 0 unspecified atom stereocenters. The summed E-state index contributed by atoms with van der Waals surface area (Å²) in [5.41, 5.74) is 22.6. The summed E-state index contributed by atoms with van der Waals surface area (Å²) < 4.78 is 1.93. The van der Waals surface area contributed by atoms with Crippen molar-refractivity contribution in [1.29, 1.82) is 0 Å². The minimum atomic E-state index is -0.00493. The van der Waals surface area contributed by atoms with Gasteiger partial charge >= 0.3 is 0 Å². The molecule has 3 aromatic rings. The third-order valence-corrected chi connectivity index (χ3v) is 5.09. The molecule has 2 aromatic carbocycles. The Morgan fingerprint density at radius 3 is 2.52 bits per heavy atom. The standard InChI is InChI=1S/C21H28N8/c1-2-3-8-19-23-20(13-22)29(26-19)14-15-9-11-16(12-10-15)17-6-4-5-7-18(17)21-24-27-28-25-21/h4-7,9-12,21,24-25,27-28H,2-3,8,13-14,22H2,1H3. The fourth-order valence-corrected chi connectivity index (χ4v) is 3.53. The van der Waals surface area contributed by atoms with Crippen molar-refractivity contribution < 1.29 is 0 Å². The maximum Gasteiger partial charge on any atom is 0.151 e. The molecular weight excluding hydrogens is 364 g/mol. The molecule has 4 rings (SSSR count). The molecule has 2 heterocycles. The molecule has 0 atom stereocenters. The number of aryl methyl sites for hydroxylation is 1. The zero-order valence-electron chi connectivity index (χ0n) is 16.7. The number of aromatic nitrogens is 3. The number of nitrogens with two attached hydrogens (primary N) is 1. The van der Waals surface area contributed by atoms with Gasteiger partial charge in [0.05, 0.1) is 13.1 Å². The second kappa shape index (κ2) is 9.25. The Balaban J connectivity index is 1.53. The van der Waals surface area contributed by atoms with Gasteiger partial charge < -0.3 is 5.73 Å². The normalized spacial score (nSPS) is 14.6. The lowest BCUT2D eigenvalue weighted by Gasteiger charge is -2.15. The van der Waals surface area contributed by atoms with Crippen molar-refractivity contribution in [1.82, 2.24) is 36.7 Å². The van der Waals surface area contributed by atoms with Crippen LogP contribution in [-0.4, -0.2) is 14.8 Å². The summed E-state index contributed by atoms with van der Waals surface area (Å²) in [6, 6.07) is 17.0. The number of hydrazine groups is 3. The summed E-state index contributed by atoms with van der Waals surface area (Å²) in [7, 11) is 0. The molecule has 1 aromatic heterocycles. The molecule has 0 amide bonds. The van der Waals surface area contributed by atoms with Gasteiger partial charge in [-0.2, -0.15) is 16.2 Å². The SMILES string of the molecule is CCCCc1nc(CN)n(Cc2ccc(-c3ccccc3C3NNNN3)cc2)n1. The zero-order valence-corrected chi connectivity index (χ0v) is 16.7. The molecular formula is C21H28N8. The predicted octanol–water partition coefficient (Wildman–Crippen LogP) is 1.91. The van der Waals surface area contributed by atoms with Crippen LogP contribution < -0.4 is 27.7 Å². The van der Waals surface area contributed by atoms with E-state index in [1.165, 1.54) is 22.3 Å². The lowest BCUT2D eigenvalue weighted by Crippen LogP contribution is -2.33. The summed E-state index contributed by atoms with van der Waals surface area (Å²) in [5.74, 6) is 1.72. The van der Waals surface area contributed by atoms with Crippen LogP contribution in [0.5, 0.6) is 0 Å². The number of benzene rings is 2. The summed E-state index contributed by atoms with van der Waals surface area (Å²) in [6.07, 6.45) is 3.12. The van der Waals surface area contributed by atoms with E-state index in [-0.39, 0.29) is 6.17 Å². The first-order valence-corrected chi connectivity index (χ1v) is 10.1. The molecule has 1 aliphatic rings. The summed E-state index contributed by atoms with van der Waals surface area (Å²) in [5, 5.41) is 4.66. The van der Waals surface area contributed by atoms with Crippen LogP contribution in [0, 0.1) is 0 Å². The molecule has 8 heteroatoms. The van der Waals surface area contributed by atoms with Gasteiger partial charge in [-0.15, -0.1) is 0 Å². The summed E-state index contributed by atoms with van der Waals surface area (Å²) in [4.78, 5) is 4.58. The van der Waals surface area contributed by atoms with Crippen molar-refractivity contribution in [2.45, 2.75) is 45.4 Å². The Bertz CT molecular complexity index is 928. The highest BCUT2D eigenvalue weighted by molar-refractivity contribution is 5.68. The van der Waals surface area contributed by atoms with Crippen molar-refractivity contribution in [2.75, 3.05) is 0 Å². The second-order valence-electron chi connectivity index (χ2n) is 7.17. The molecule has 1 fully saturated rings. The summed E-state index contributed by atoms with van der Waals surface area (Å²) in [6.45, 7) is 3.24. The largest absolute Gasteiger partial charge is 0.324 e. The highest BCUT2D eigenvalue weighted by atomic mass is 15.8. The van der Waals surface area contributed by atoms with E-state index in [0.29, 0.717) is 13.1 Å². The van der Waals surface area contributed by atoms with Gasteiger partial charge in [0.2, 0.25) is 0 Å². The Morgan fingerprint density at radius 1 is 1.03 bits per heavy atom. The third-order valence-electron chi connectivity index (χ3n) is 5.09. The molecule has 1 saturated heterocycles. The number of hydrogen-bond acceptors (Lipinski definition) is 7. The first-order valence-electron chi connectivity index (χ1n) is 10.1. The number of rotatable bonds is 8. The third kappa shape index (κ3) is 4.52. The quantitative estimate of drug-likeness (QED) is 0.399. The van der Waals surface area contributed by atoms with Crippen LogP contribution in [-0.2, 0) is 19.5 Å². The van der Waals surface area contributed by atoms with Gasteiger partial charge in [-0.25, -0.2) is 20.5 Å². The molecule has 29 heavy (non-hydrogen) atoms. The molecule has 0 bridgehead atoms. The van der Waals surface area contributed by atoms with Crippen LogP contribution in [0.3, 0.4) is 0 Å². The Morgan fingerprint density at radius 2 is 1.79 bits per heavy atom. The van der Waals surface area contributed by atoms with Crippen LogP contribution in [0.2, 0.25) is 0 Å². The van der Waals surface area contributed by atoms with Crippen LogP contribution in [0.4, 0.5) is 0 Å². The predicted molar refractivity (Wildman–Crippen MR) is 113 cm³/mol. The van der Waals surface area contributed by atoms with Crippen LogP contribution >= 0.6 is 0 Å². The van der Waals surface area contributed by atoms with E-state index in [1.54, 1.807) is 0 Å². The van der Waals surface area contributed by atoms with Gasteiger partial charge in [-0.05, 0) is 28.7 Å². The number of unbranched alkanes of at least 4 members (excludes halogenated alkanes) is 1. The Labute approximate surface area is 170 Å². The summed E-state index contributed by atoms with van der Waals surface area (Å²) >= 11 is 0. The average molecular weight is 393 g/mol. The van der Waals surface area contributed by atoms with Crippen molar-refractivity contribution in [3.8, 4) is 11.1 Å². The first-order chi connectivity index (χ1) is 14.3. The molecule has 8 nitrogen and oxygen atoms in total. The molecule has 0 spiro atoms. The van der Waals surface area contributed by atoms with Crippen LogP contribution in [0.25, 0.3) is 11.1 Å². The number of hydrogen-bond donors (Lipinski definition) is 5. The maximum atomic E-state index is 5.88. The minimum absolute atomic E-state index is 0.00493. The molecule has 6 N–H and O–H groups in total. The highest BCUT2D eigenvalue weighted by Gasteiger charge is 2.18. The monoisotopic (exact) mass is 392 g/mol. The zero-order chi connectivity index (χ0) is 20.1. The van der Waals surface area contributed by atoms with Crippen molar-refractivity contribution >= 4 is 0 Å². The maximum absolute atomic E-state index is 5.88. The van der Waals surface area contributed by atoms with Gasteiger partial charge in [0.15, 0.2) is 5.82 Å². The topological polar surface area (TPSA) is 105 Å². The molecule has 1 aliphatic heterocycles. The lowest BCUT2D eigenvalue weighted by atomic mass is 9.97. The van der Waals surface area contributed by atoms with E-state index < -0.39 is 0 Å². The van der Waals surface area contributed by atoms with E-state index in [9.17, 15) is 0 Å². The van der Waals surface area contributed by atoms with Gasteiger partial charge in [0, 0.05) is 6.42 Å². The Hall–Kier alpha value is -2.62. The number of nitrogens with zero attached hydrogens (tertiary/aromatic N) is 3. The molecule has 0 aliphatic carbocycles. The van der Waals surface area contributed by atoms with E-state index in [0.717, 1.165) is 30.9 Å². The lowest BCUT2D eigenvalue weighted by molar-refractivity contribution is 0.556. The van der Waals surface area contributed by atoms with E-state index in [1.807, 2.05) is 10.7 Å². The fourth-order valence-electron chi connectivity index (χ4n) is 3.53. The first kappa shape index (κ1) is 19.7. The Kier molecular flexibility index (Phi) is 6.28. The number of nitrogens with one attached hydrogen (secondary N) is 4. The molecule has 0 saturated carbocycles. The molecule has 0 radical (unpaired) electrons. The minimum Gasteiger partial charge on any atom is -0.324 e. The van der Waals surface area contributed by atoms with Gasteiger partial charge in [0.1, 0.15) is 12.0 Å². The van der Waals surface area contributed by atoms with Crippen molar-refractivity contribution in [3.05, 3.63) is 71.3 Å².